The molecule has 0 saturated heterocycles. The van der Waals surface area contributed by atoms with Crippen LogP contribution in [0.4, 0.5) is 9.39 Å². The summed E-state index contributed by atoms with van der Waals surface area (Å²) in [5.41, 5.74) is 0.545. The fourth-order valence-electron chi connectivity index (χ4n) is 1.80. The predicted octanol–water partition coefficient (Wildman–Crippen LogP) is 2.87. The number of esters is 1. The summed E-state index contributed by atoms with van der Waals surface area (Å²) in [6.07, 6.45) is -1.31. The topological polar surface area (TPSA) is 79.2 Å². The van der Waals surface area contributed by atoms with Crippen LogP contribution in [0.2, 0.25) is 0 Å². The number of hydrogen-bond acceptors (Lipinski definition) is 5. The first-order valence-electron chi connectivity index (χ1n) is 6.72. The van der Waals surface area contributed by atoms with E-state index in [1.807, 2.05) is 6.07 Å². The van der Waals surface area contributed by atoms with Gasteiger partial charge in [-0.15, -0.1) is 11.3 Å². The number of thiophene rings is 1. The lowest BCUT2D eigenvalue weighted by Crippen LogP contribution is -2.30. The quantitative estimate of drug-likeness (QED) is 0.854. The Balaban J connectivity index is 1.92. The van der Waals surface area contributed by atoms with E-state index in [9.17, 15) is 14.0 Å². The van der Waals surface area contributed by atoms with E-state index in [0.717, 1.165) is 0 Å². The molecule has 1 N–H and O–H groups in total. The van der Waals surface area contributed by atoms with E-state index in [-0.39, 0.29) is 12.0 Å². The summed E-state index contributed by atoms with van der Waals surface area (Å²) < 4.78 is 18.5. The average Bonchev–Trinajstić information content (AvgIpc) is 2.96. The first kappa shape index (κ1) is 16.6. The number of amides is 1. The van der Waals surface area contributed by atoms with Crippen molar-refractivity contribution in [1.29, 1.82) is 5.26 Å². The molecule has 0 bridgehead atoms. The van der Waals surface area contributed by atoms with E-state index in [0.29, 0.717) is 10.6 Å². The molecular weight excluding hydrogens is 319 g/mol. The van der Waals surface area contributed by atoms with Crippen molar-refractivity contribution in [2.45, 2.75) is 19.4 Å². The molecule has 0 aliphatic heterocycles. The van der Waals surface area contributed by atoms with Gasteiger partial charge in [-0.2, -0.15) is 5.26 Å². The summed E-state index contributed by atoms with van der Waals surface area (Å²) in [6.45, 7) is 1.41. The lowest BCUT2D eigenvalue weighted by Gasteiger charge is -2.13. The normalized spacial score (nSPS) is 11.3. The molecule has 7 heteroatoms. The van der Waals surface area contributed by atoms with Crippen LogP contribution in [0, 0.1) is 17.1 Å². The highest BCUT2D eigenvalue weighted by Crippen LogP contribution is 2.22. The van der Waals surface area contributed by atoms with Gasteiger partial charge < -0.3 is 10.1 Å². The fourth-order valence-corrected chi connectivity index (χ4v) is 2.54. The third-order valence-electron chi connectivity index (χ3n) is 2.99. The zero-order valence-electron chi connectivity index (χ0n) is 12.2. The second kappa shape index (κ2) is 7.51. The predicted molar refractivity (Wildman–Crippen MR) is 83.3 cm³/mol. The van der Waals surface area contributed by atoms with Crippen molar-refractivity contribution >= 4 is 28.2 Å². The summed E-state index contributed by atoms with van der Waals surface area (Å²) in [5.74, 6) is -1.76. The number of ether oxygens (including phenoxy) is 1. The molecule has 1 aromatic heterocycles. The summed E-state index contributed by atoms with van der Waals surface area (Å²) in [6, 6.07) is 9.39. The maximum Gasteiger partial charge on any atom is 0.311 e. The lowest BCUT2D eigenvalue weighted by molar-refractivity contribution is -0.152. The molecule has 0 spiro atoms. The van der Waals surface area contributed by atoms with Crippen LogP contribution in [-0.2, 0) is 20.7 Å². The van der Waals surface area contributed by atoms with Gasteiger partial charge in [0.1, 0.15) is 16.9 Å². The largest absolute Gasteiger partial charge is 0.452 e. The molecule has 0 aliphatic carbocycles. The maximum absolute atomic E-state index is 13.5. The van der Waals surface area contributed by atoms with E-state index >= 15 is 0 Å². The number of nitriles is 1. The maximum atomic E-state index is 13.5. The lowest BCUT2D eigenvalue weighted by atomic mass is 10.1. The van der Waals surface area contributed by atoms with Crippen molar-refractivity contribution in [3.8, 4) is 6.07 Å². The van der Waals surface area contributed by atoms with Crippen molar-refractivity contribution in [3.63, 3.8) is 0 Å². The molecule has 0 saturated carbocycles. The number of benzene rings is 1. The van der Waals surface area contributed by atoms with Crippen LogP contribution in [0.25, 0.3) is 0 Å². The number of nitrogens with one attached hydrogen (secondary N) is 1. The van der Waals surface area contributed by atoms with Crippen molar-refractivity contribution < 1.29 is 18.7 Å². The summed E-state index contributed by atoms with van der Waals surface area (Å²) in [5, 5.41) is 13.5. The molecule has 0 aliphatic rings. The molecule has 5 nitrogen and oxygen atoms in total. The molecule has 23 heavy (non-hydrogen) atoms. The van der Waals surface area contributed by atoms with Crippen LogP contribution in [0.1, 0.15) is 18.1 Å². The minimum Gasteiger partial charge on any atom is -0.452 e. The zero-order chi connectivity index (χ0) is 16.8. The molecule has 1 heterocycles. The number of nitrogens with zero attached hydrogens (tertiary/aromatic N) is 1. The highest BCUT2D eigenvalue weighted by atomic mass is 32.1. The third kappa shape index (κ3) is 4.37. The Bertz CT molecular complexity index is 767. The number of hydrogen-bond donors (Lipinski definition) is 1. The first-order valence-corrected chi connectivity index (χ1v) is 7.60. The molecule has 2 rings (SSSR count). The van der Waals surface area contributed by atoms with E-state index in [2.05, 4.69) is 5.32 Å². The van der Waals surface area contributed by atoms with Crippen LogP contribution in [0.3, 0.4) is 0 Å². The van der Waals surface area contributed by atoms with Crippen LogP contribution >= 0.6 is 11.3 Å². The second-order valence-electron chi connectivity index (χ2n) is 4.66. The zero-order valence-corrected chi connectivity index (χ0v) is 13.0. The van der Waals surface area contributed by atoms with Gasteiger partial charge >= 0.3 is 5.97 Å². The second-order valence-corrected chi connectivity index (χ2v) is 5.58. The van der Waals surface area contributed by atoms with Crippen molar-refractivity contribution in [2.75, 3.05) is 5.32 Å². The summed E-state index contributed by atoms with van der Waals surface area (Å²) in [7, 11) is 0. The van der Waals surface area contributed by atoms with Crippen molar-refractivity contribution in [3.05, 3.63) is 52.7 Å². The van der Waals surface area contributed by atoms with Crippen LogP contribution < -0.4 is 5.32 Å². The number of halogens is 1. The molecular formula is C16H13FN2O3S. The Labute approximate surface area is 136 Å². The molecule has 2 aromatic rings. The third-order valence-corrected chi connectivity index (χ3v) is 3.82. The Kier molecular flexibility index (Phi) is 5.44. The molecule has 118 valence electrons. The molecule has 1 atom stereocenters. The van der Waals surface area contributed by atoms with Gasteiger partial charge in [0.05, 0.1) is 12.0 Å². The van der Waals surface area contributed by atoms with E-state index in [1.54, 1.807) is 17.5 Å². The Morgan fingerprint density at radius 1 is 1.39 bits per heavy atom. The number of carbonyl (C=O) groups is 2. The highest BCUT2D eigenvalue weighted by Gasteiger charge is 2.20. The molecule has 1 aromatic carbocycles. The SMILES string of the molecule is C[C@@H](OC(=O)Cc1ccccc1F)C(=O)Nc1sccc1C#N. The van der Waals surface area contributed by atoms with Crippen LogP contribution in [0.15, 0.2) is 35.7 Å². The van der Waals surface area contributed by atoms with Gasteiger partial charge in [0.2, 0.25) is 0 Å². The Morgan fingerprint density at radius 2 is 2.13 bits per heavy atom. The molecule has 0 unspecified atom stereocenters. The average molecular weight is 332 g/mol. The van der Waals surface area contributed by atoms with Crippen LogP contribution in [-0.4, -0.2) is 18.0 Å². The Morgan fingerprint density at radius 3 is 2.83 bits per heavy atom. The summed E-state index contributed by atoms with van der Waals surface area (Å²) in [4.78, 5) is 23.8. The van der Waals surface area contributed by atoms with Crippen molar-refractivity contribution in [2.24, 2.45) is 0 Å². The highest BCUT2D eigenvalue weighted by molar-refractivity contribution is 7.14. The van der Waals surface area contributed by atoms with E-state index < -0.39 is 23.8 Å². The van der Waals surface area contributed by atoms with Crippen LogP contribution in [0.5, 0.6) is 0 Å². The Hall–Kier alpha value is -2.72. The molecule has 0 radical (unpaired) electrons. The van der Waals surface area contributed by atoms with Gasteiger partial charge in [0.25, 0.3) is 5.91 Å². The minimum atomic E-state index is -1.05. The van der Waals surface area contributed by atoms with Crippen molar-refractivity contribution in [1.82, 2.24) is 0 Å². The van der Waals surface area contributed by atoms with E-state index in [4.69, 9.17) is 10.00 Å². The van der Waals surface area contributed by atoms with E-state index in [1.165, 1.54) is 36.5 Å². The van der Waals surface area contributed by atoms with Gasteiger partial charge in [-0.25, -0.2) is 4.39 Å². The number of anilines is 1. The summed E-state index contributed by atoms with van der Waals surface area (Å²) >= 11 is 1.20. The van der Waals surface area contributed by atoms with Gasteiger partial charge in [0, 0.05) is 0 Å². The van der Waals surface area contributed by atoms with Gasteiger partial charge in [-0.05, 0) is 30.0 Å². The van der Waals surface area contributed by atoms with Gasteiger partial charge in [0.15, 0.2) is 6.10 Å². The number of rotatable bonds is 5. The van der Waals surface area contributed by atoms with Gasteiger partial charge in [-0.3, -0.25) is 9.59 Å². The fraction of sp³-hybridized carbons (Fsp3) is 0.188. The molecule has 1 amide bonds. The standard InChI is InChI=1S/C16H13FN2O3S/c1-10(15(21)19-16-12(9-18)6-7-23-16)22-14(20)8-11-4-2-3-5-13(11)17/h2-7,10H,8H2,1H3,(H,19,21)/t10-/m1/s1. The molecule has 0 fully saturated rings. The number of carbonyl (C=O) groups excluding carboxylic acids is 2. The minimum absolute atomic E-state index is 0.204. The monoisotopic (exact) mass is 332 g/mol. The van der Waals surface area contributed by atoms with Gasteiger partial charge in [-0.1, -0.05) is 18.2 Å². The smallest absolute Gasteiger partial charge is 0.311 e. The first-order chi connectivity index (χ1) is 11.0.